The van der Waals surface area contributed by atoms with Crippen LogP contribution in [0.15, 0.2) is 18.3 Å². The smallest absolute Gasteiger partial charge is 0.142 e. The summed E-state index contributed by atoms with van der Waals surface area (Å²) in [5, 5.41) is 7.40. The Morgan fingerprint density at radius 2 is 1.90 bits per heavy atom. The van der Waals surface area contributed by atoms with Crippen LogP contribution in [0.25, 0.3) is 0 Å². The topological polar surface area (TPSA) is 29.9 Å². The van der Waals surface area contributed by atoms with Crippen molar-refractivity contribution in [3.8, 4) is 0 Å². The van der Waals surface area contributed by atoms with Crippen LogP contribution in [0.5, 0.6) is 0 Å². The van der Waals surface area contributed by atoms with E-state index in [4.69, 9.17) is 23.2 Å². The standard InChI is InChI=1S/C14H15Cl2F2N3/c1-3-19-13(14-10(16)7-20-21(14)4-2)8-5-12(18)9(15)6-11(8)17/h5-7,13,19H,3-4H2,1-2H3. The molecule has 1 unspecified atom stereocenters. The lowest BCUT2D eigenvalue weighted by Crippen LogP contribution is -2.26. The molecule has 1 N–H and O–H groups in total. The van der Waals surface area contributed by atoms with Crippen LogP contribution in [-0.2, 0) is 6.54 Å². The first-order valence-electron chi connectivity index (χ1n) is 6.58. The monoisotopic (exact) mass is 333 g/mol. The lowest BCUT2D eigenvalue weighted by Gasteiger charge is -2.21. The molecule has 0 bridgehead atoms. The fourth-order valence-electron chi connectivity index (χ4n) is 2.23. The lowest BCUT2D eigenvalue weighted by molar-refractivity contribution is 0.509. The average molecular weight is 334 g/mol. The van der Waals surface area contributed by atoms with Crippen LogP contribution < -0.4 is 5.32 Å². The van der Waals surface area contributed by atoms with Crippen molar-refractivity contribution >= 4 is 23.2 Å². The molecule has 2 rings (SSSR count). The summed E-state index contributed by atoms with van der Waals surface area (Å²) >= 11 is 11.8. The molecule has 0 amide bonds. The summed E-state index contributed by atoms with van der Waals surface area (Å²) in [4.78, 5) is 0. The molecule has 0 aliphatic carbocycles. The Balaban J connectivity index is 2.58. The summed E-state index contributed by atoms with van der Waals surface area (Å²) in [5.41, 5.74) is 0.748. The second-order valence-corrected chi connectivity index (χ2v) is 5.29. The van der Waals surface area contributed by atoms with E-state index < -0.39 is 17.7 Å². The third-order valence-electron chi connectivity index (χ3n) is 3.17. The molecule has 1 aromatic heterocycles. The zero-order chi connectivity index (χ0) is 15.6. The van der Waals surface area contributed by atoms with E-state index in [-0.39, 0.29) is 10.6 Å². The van der Waals surface area contributed by atoms with Crippen molar-refractivity contribution in [2.45, 2.75) is 26.4 Å². The molecule has 0 spiro atoms. The molecular formula is C14H15Cl2F2N3. The SMILES string of the molecule is CCNC(c1cc(F)c(Cl)cc1F)c1c(Cl)cnn1CC. The maximum atomic E-state index is 14.2. The van der Waals surface area contributed by atoms with Crippen LogP contribution in [0, 0.1) is 11.6 Å². The minimum Gasteiger partial charge on any atom is -0.305 e. The minimum absolute atomic E-state index is 0.149. The fraction of sp³-hybridized carbons (Fsp3) is 0.357. The van der Waals surface area contributed by atoms with Gasteiger partial charge in [0.15, 0.2) is 0 Å². The van der Waals surface area contributed by atoms with Gasteiger partial charge < -0.3 is 5.32 Å². The molecule has 0 saturated heterocycles. The van der Waals surface area contributed by atoms with E-state index in [0.29, 0.717) is 23.8 Å². The van der Waals surface area contributed by atoms with Gasteiger partial charge in [0.2, 0.25) is 0 Å². The van der Waals surface area contributed by atoms with Gasteiger partial charge in [-0.15, -0.1) is 0 Å². The van der Waals surface area contributed by atoms with Crippen LogP contribution in [0.4, 0.5) is 8.78 Å². The number of nitrogens with one attached hydrogen (secondary N) is 1. The van der Waals surface area contributed by atoms with Crippen molar-refractivity contribution in [1.82, 2.24) is 15.1 Å². The number of halogens is 4. The number of aryl methyl sites for hydroxylation is 1. The predicted molar refractivity (Wildman–Crippen MR) is 79.8 cm³/mol. The van der Waals surface area contributed by atoms with Crippen LogP contribution in [0.2, 0.25) is 10.0 Å². The van der Waals surface area contributed by atoms with E-state index in [1.807, 2.05) is 13.8 Å². The van der Waals surface area contributed by atoms with Gasteiger partial charge in [-0.05, 0) is 25.6 Å². The third-order valence-corrected chi connectivity index (χ3v) is 3.75. The Morgan fingerprint density at radius 3 is 2.52 bits per heavy atom. The first kappa shape index (κ1) is 16.2. The number of hydrogen-bond donors (Lipinski definition) is 1. The van der Waals surface area contributed by atoms with Crippen LogP contribution >= 0.6 is 23.2 Å². The van der Waals surface area contributed by atoms with E-state index in [9.17, 15) is 8.78 Å². The van der Waals surface area contributed by atoms with E-state index in [1.165, 1.54) is 6.20 Å². The summed E-state index contributed by atoms with van der Waals surface area (Å²) < 4.78 is 29.6. The molecule has 0 saturated carbocycles. The number of nitrogens with zero attached hydrogens (tertiary/aromatic N) is 2. The molecule has 114 valence electrons. The van der Waals surface area contributed by atoms with Gasteiger partial charge in [-0.2, -0.15) is 5.10 Å². The Morgan fingerprint density at radius 1 is 1.19 bits per heavy atom. The third kappa shape index (κ3) is 3.20. The molecule has 1 aromatic carbocycles. The molecule has 1 heterocycles. The Kier molecular flexibility index (Phi) is 5.19. The van der Waals surface area contributed by atoms with Crippen molar-refractivity contribution in [3.05, 3.63) is 51.3 Å². The van der Waals surface area contributed by atoms with Crippen LogP contribution in [0.1, 0.15) is 31.1 Å². The maximum Gasteiger partial charge on any atom is 0.142 e. The zero-order valence-corrected chi connectivity index (χ0v) is 13.1. The molecule has 2 aromatic rings. The molecule has 1 atom stereocenters. The van der Waals surface area contributed by atoms with E-state index >= 15 is 0 Å². The molecule has 3 nitrogen and oxygen atoms in total. The van der Waals surface area contributed by atoms with E-state index in [1.54, 1.807) is 4.68 Å². The highest BCUT2D eigenvalue weighted by atomic mass is 35.5. The van der Waals surface area contributed by atoms with Crippen molar-refractivity contribution in [2.24, 2.45) is 0 Å². The minimum atomic E-state index is -0.672. The molecule has 21 heavy (non-hydrogen) atoms. The molecule has 0 fully saturated rings. The summed E-state index contributed by atoms with van der Waals surface area (Å²) in [6.45, 7) is 4.90. The van der Waals surface area contributed by atoms with E-state index in [0.717, 1.165) is 12.1 Å². The molecule has 7 heteroatoms. The fourth-order valence-corrected chi connectivity index (χ4v) is 2.63. The van der Waals surface area contributed by atoms with Gasteiger partial charge >= 0.3 is 0 Å². The van der Waals surface area contributed by atoms with E-state index in [2.05, 4.69) is 10.4 Å². The van der Waals surface area contributed by atoms with Crippen LogP contribution in [0.3, 0.4) is 0 Å². The number of rotatable bonds is 5. The van der Waals surface area contributed by atoms with Crippen molar-refractivity contribution in [3.63, 3.8) is 0 Å². The lowest BCUT2D eigenvalue weighted by atomic mass is 10.0. The first-order valence-corrected chi connectivity index (χ1v) is 7.34. The van der Waals surface area contributed by atoms with Gasteiger partial charge in [0.25, 0.3) is 0 Å². The highest BCUT2D eigenvalue weighted by Crippen LogP contribution is 2.32. The summed E-state index contributed by atoms with van der Waals surface area (Å²) in [5.74, 6) is -1.26. The zero-order valence-electron chi connectivity index (χ0n) is 11.6. The van der Waals surface area contributed by atoms with Gasteiger partial charge in [-0.3, -0.25) is 4.68 Å². The van der Waals surface area contributed by atoms with Crippen LogP contribution in [-0.4, -0.2) is 16.3 Å². The van der Waals surface area contributed by atoms with Gasteiger partial charge in [-0.25, -0.2) is 8.78 Å². The highest BCUT2D eigenvalue weighted by Gasteiger charge is 2.25. The van der Waals surface area contributed by atoms with Crippen molar-refractivity contribution in [2.75, 3.05) is 6.54 Å². The average Bonchev–Trinajstić information content (AvgIpc) is 2.81. The molecule has 0 aliphatic heterocycles. The number of aromatic nitrogens is 2. The first-order chi connectivity index (χ1) is 9.99. The predicted octanol–water partition coefficient (Wildman–Crippen LogP) is 4.19. The number of hydrogen-bond acceptors (Lipinski definition) is 2. The normalized spacial score (nSPS) is 12.7. The molecule has 0 aliphatic rings. The summed E-state index contributed by atoms with van der Waals surface area (Å²) in [6, 6.07) is 1.46. The van der Waals surface area contributed by atoms with Gasteiger partial charge in [0, 0.05) is 12.1 Å². The summed E-state index contributed by atoms with van der Waals surface area (Å²) in [7, 11) is 0. The molecular weight excluding hydrogens is 319 g/mol. The second kappa shape index (κ2) is 6.73. The van der Waals surface area contributed by atoms with Crippen molar-refractivity contribution in [1.29, 1.82) is 0 Å². The second-order valence-electron chi connectivity index (χ2n) is 4.47. The quantitative estimate of drug-likeness (QED) is 0.831. The highest BCUT2D eigenvalue weighted by molar-refractivity contribution is 6.31. The largest absolute Gasteiger partial charge is 0.305 e. The Bertz CT molecular complexity index is 643. The summed E-state index contributed by atoms with van der Waals surface area (Å²) in [6.07, 6.45) is 1.49. The Hall–Kier alpha value is -1.17. The van der Waals surface area contributed by atoms with Gasteiger partial charge in [0.05, 0.1) is 28.0 Å². The molecule has 0 radical (unpaired) electrons. The Labute approximate surface area is 131 Å². The van der Waals surface area contributed by atoms with Gasteiger partial charge in [-0.1, -0.05) is 30.1 Å². The number of benzene rings is 1. The van der Waals surface area contributed by atoms with Gasteiger partial charge in [0.1, 0.15) is 11.6 Å². The maximum absolute atomic E-state index is 14.2. The van der Waals surface area contributed by atoms with Crippen molar-refractivity contribution < 1.29 is 8.78 Å².